The van der Waals surface area contributed by atoms with Crippen molar-refractivity contribution in [2.75, 3.05) is 5.32 Å². The monoisotopic (exact) mass is 435 g/mol. The third-order valence-corrected chi connectivity index (χ3v) is 4.49. The number of nitrogens with zero attached hydrogens (tertiary/aromatic N) is 1. The number of hydrogen-bond acceptors (Lipinski definition) is 4. The molecule has 0 saturated heterocycles. The van der Waals surface area contributed by atoms with E-state index in [0.29, 0.717) is 17.3 Å². The maximum atomic E-state index is 11.9. The first kappa shape index (κ1) is 22.1. The van der Waals surface area contributed by atoms with Gasteiger partial charge in [-0.1, -0.05) is 41.9 Å². The van der Waals surface area contributed by atoms with Crippen LogP contribution in [0.15, 0.2) is 84.0 Å². The van der Waals surface area contributed by atoms with Crippen molar-refractivity contribution >= 4 is 35.3 Å². The van der Waals surface area contributed by atoms with Crippen molar-refractivity contribution in [1.82, 2.24) is 5.43 Å². The van der Waals surface area contributed by atoms with E-state index in [1.54, 1.807) is 12.1 Å². The first-order chi connectivity index (χ1) is 15.1. The first-order valence-corrected chi connectivity index (χ1v) is 10.1. The number of amides is 2. The minimum absolute atomic E-state index is 0.0491. The van der Waals surface area contributed by atoms with Gasteiger partial charge in [-0.25, -0.2) is 5.43 Å². The second-order valence-corrected chi connectivity index (χ2v) is 7.13. The summed E-state index contributed by atoms with van der Waals surface area (Å²) in [5.74, 6) is 0.169. The molecule has 158 valence electrons. The SMILES string of the molecule is O=C(CCC(=O)Nc1ccccc1)NN=Cc1ccc(OCc2ccc(Cl)cc2)cc1. The van der Waals surface area contributed by atoms with Crippen molar-refractivity contribution in [3.8, 4) is 5.75 Å². The van der Waals surface area contributed by atoms with Gasteiger partial charge >= 0.3 is 0 Å². The standard InChI is InChI=1S/C24H22ClN3O3/c25-20-10-6-19(7-11-20)17-31-22-12-8-18(9-13-22)16-26-28-24(30)15-14-23(29)27-21-4-2-1-3-5-21/h1-13,16H,14-15,17H2,(H,27,29)(H,28,30). The zero-order valence-corrected chi connectivity index (χ0v) is 17.5. The van der Waals surface area contributed by atoms with Crippen molar-refractivity contribution < 1.29 is 14.3 Å². The molecule has 2 N–H and O–H groups in total. The van der Waals surface area contributed by atoms with Crippen LogP contribution >= 0.6 is 11.6 Å². The van der Waals surface area contributed by atoms with Crippen LogP contribution < -0.4 is 15.5 Å². The molecule has 0 unspecified atom stereocenters. The molecule has 0 aliphatic heterocycles. The fraction of sp³-hybridized carbons (Fsp3) is 0.125. The molecular formula is C24H22ClN3O3. The van der Waals surface area contributed by atoms with Crippen LogP contribution in [0.5, 0.6) is 5.75 Å². The summed E-state index contributed by atoms with van der Waals surface area (Å²) in [5.41, 5.74) is 4.95. The minimum atomic E-state index is -0.331. The maximum absolute atomic E-state index is 11.9. The van der Waals surface area contributed by atoms with Crippen LogP contribution in [-0.2, 0) is 16.2 Å². The van der Waals surface area contributed by atoms with Gasteiger partial charge in [0.15, 0.2) is 0 Å². The van der Waals surface area contributed by atoms with E-state index in [1.807, 2.05) is 66.7 Å². The number of nitrogens with one attached hydrogen (secondary N) is 2. The molecule has 0 saturated carbocycles. The highest BCUT2D eigenvalue weighted by Gasteiger charge is 2.06. The Bertz CT molecular complexity index is 1020. The summed E-state index contributed by atoms with van der Waals surface area (Å²) in [6.07, 6.45) is 1.66. The van der Waals surface area contributed by atoms with Gasteiger partial charge in [0.05, 0.1) is 6.21 Å². The van der Waals surface area contributed by atoms with E-state index >= 15 is 0 Å². The molecule has 0 radical (unpaired) electrons. The molecule has 0 heterocycles. The van der Waals surface area contributed by atoms with Crippen LogP contribution in [-0.4, -0.2) is 18.0 Å². The molecule has 31 heavy (non-hydrogen) atoms. The third-order valence-electron chi connectivity index (χ3n) is 4.24. The van der Waals surface area contributed by atoms with Crippen molar-refractivity contribution in [1.29, 1.82) is 0 Å². The minimum Gasteiger partial charge on any atom is -0.489 e. The number of carbonyl (C=O) groups excluding carboxylic acids is 2. The van der Waals surface area contributed by atoms with Gasteiger partial charge in [0.2, 0.25) is 11.8 Å². The predicted molar refractivity (Wildman–Crippen MR) is 122 cm³/mol. The van der Waals surface area contributed by atoms with E-state index in [9.17, 15) is 9.59 Å². The van der Waals surface area contributed by atoms with Crippen LogP contribution in [0.1, 0.15) is 24.0 Å². The Hall–Kier alpha value is -3.64. The summed E-state index contributed by atoms with van der Waals surface area (Å²) >= 11 is 5.87. The number of halogens is 1. The smallest absolute Gasteiger partial charge is 0.240 e. The molecule has 3 aromatic carbocycles. The van der Waals surface area contributed by atoms with Gasteiger partial charge in [-0.3, -0.25) is 9.59 Å². The van der Waals surface area contributed by atoms with Crippen molar-refractivity contribution in [2.45, 2.75) is 19.4 Å². The van der Waals surface area contributed by atoms with E-state index in [0.717, 1.165) is 16.9 Å². The quantitative estimate of drug-likeness (QED) is 0.374. The van der Waals surface area contributed by atoms with Crippen LogP contribution in [0.4, 0.5) is 5.69 Å². The lowest BCUT2D eigenvalue weighted by Gasteiger charge is -2.06. The Kier molecular flexibility index (Phi) is 8.20. The zero-order valence-electron chi connectivity index (χ0n) is 16.8. The fourth-order valence-electron chi connectivity index (χ4n) is 2.60. The number of hydrogen-bond donors (Lipinski definition) is 2. The molecule has 2 amide bonds. The average molecular weight is 436 g/mol. The highest BCUT2D eigenvalue weighted by atomic mass is 35.5. The van der Waals surface area contributed by atoms with Gasteiger partial charge in [-0.05, 0) is 59.7 Å². The van der Waals surface area contributed by atoms with E-state index in [1.165, 1.54) is 6.21 Å². The predicted octanol–water partition coefficient (Wildman–Crippen LogP) is 4.79. The van der Waals surface area contributed by atoms with Gasteiger partial charge in [0.1, 0.15) is 12.4 Å². The lowest BCUT2D eigenvalue weighted by atomic mass is 10.2. The number of para-hydroxylation sites is 1. The number of hydrazone groups is 1. The highest BCUT2D eigenvalue weighted by Crippen LogP contribution is 2.15. The van der Waals surface area contributed by atoms with E-state index in [4.69, 9.17) is 16.3 Å². The number of benzene rings is 3. The molecule has 0 aromatic heterocycles. The molecule has 0 bridgehead atoms. The number of carbonyl (C=O) groups is 2. The van der Waals surface area contributed by atoms with E-state index in [2.05, 4.69) is 15.8 Å². The molecular weight excluding hydrogens is 414 g/mol. The molecule has 3 rings (SSSR count). The van der Waals surface area contributed by atoms with Crippen LogP contribution in [0.25, 0.3) is 0 Å². The lowest BCUT2D eigenvalue weighted by molar-refractivity contribution is -0.124. The van der Waals surface area contributed by atoms with Crippen LogP contribution in [0.3, 0.4) is 0 Å². The van der Waals surface area contributed by atoms with Gasteiger partial charge in [-0.15, -0.1) is 0 Å². The topological polar surface area (TPSA) is 79.8 Å². The van der Waals surface area contributed by atoms with Gasteiger partial charge in [0.25, 0.3) is 0 Å². The molecule has 0 aliphatic carbocycles. The van der Waals surface area contributed by atoms with E-state index in [-0.39, 0.29) is 24.7 Å². The molecule has 6 nitrogen and oxygen atoms in total. The highest BCUT2D eigenvalue weighted by molar-refractivity contribution is 6.30. The fourth-order valence-corrected chi connectivity index (χ4v) is 2.73. The molecule has 0 aliphatic rings. The summed E-state index contributed by atoms with van der Waals surface area (Å²) in [6, 6.07) is 23.9. The summed E-state index contributed by atoms with van der Waals surface area (Å²) in [6.45, 7) is 0.443. The number of ether oxygens (including phenoxy) is 1. The number of anilines is 1. The Morgan fingerprint density at radius 1 is 0.871 bits per heavy atom. The van der Waals surface area contributed by atoms with Gasteiger partial charge < -0.3 is 10.1 Å². The maximum Gasteiger partial charge on any atom is 0.240 e. The number of rotatable bonds is 9. The normalized spacial score (nSPS) is 10.6. The lowest BCUT2D eigenvalue weighted by Crippen LogP contribution is -2.20. The molecule has 0 spiro atoms. The molecule has 7 heteroatoms. The van der Waals surface area contributed by atoms with Gasteiger partial charge in [0, 0.05) is 23.6 Å². The summed E-state index contributed by atoms with van der Waals surface area (Å²) in [4.78, 5) is 23.7. The Morgan fingerprint density at radius 3 is 2.26 bits per heavy atom. The molecule has 0 fully saturated rings. The third kappa shape index (κ3) is 7.95. The summed E-state index contributed by atoms with van der Waals surface area (Å²) in [7, 11) is 0. The Balaban J connectivity index is 1.37. The molecule has 3 aromatic rings. The summed E-state index contributed by atoms with van der Waals surface area (Å²) < 4.78 is 5.73. The van der Waals surface area contributed by atoms with Crippen LogP contribution in [0.2, 0.25) is 5.02 Å². The summed E-state index contributed by atoms with van der Waals surface area (Å²) in [5, 5.41) is 7.35. The average Bonchev–Trinajstić information content (AvgIpc) is 2.79. The Morgan fingerprint density at radius 2 is 1.55 bits per heavy atom. The van der Waals surface area contributed by atoms with E-state index < -0.39 is 0 Å². The van der Waals surface area contributed by atoms with Crippen LogP contribution in [0, 0.1) is 0 Å². The van der Waals surface area contributed by atoms with Crippen molar-refractivity contribution in [2.24, 2.45) is 5.10 Å². The zero-order chi connectivity index (χ0) is 21.9. The molecule has 0 atom stereocenters. The second kappa shape index (κ2) is 11.5. The largest absolute Gasteiger partial charge is 0.489 e. The van der Waals surface area contributed by atoms with Crippen molar-refractivity contribution in [3.63, 3.8) is 0 Å². The van der Waals surface area contributed by atoms with Gasteiger partial charge in [-0.2, -0.15) is 5.10 Å². The first-order valence-electron chi connectivity index (χ1n) is 9.72. The Labute approximate surface area is 185 Å². The second-order valence-electron chi connectivity index (χ2n) is 6.69. The van der Waals surface area contributed by atoms with Crippen molar-refractivity contribution in [3.05, 3.63) is 95.0 Å².